The Hall–Kier alpha value is -1.39. The topological polar surface area (TPSA) is 47.3 Å². The molecule has 19 heavy (non-hydrogen) atoms. The average molecular weight is 260 g/mol. The lowest BCUT2D eigenvalue weighted by Gasteiger charge is -2.31. The Balaban J connectivity index is 1.67. The minimum atomic E-state index is -0.0340. The average Bonchev–Trinajstić information content (AvgIpc) is 3.05. The Labute approximate surface area is 113 Å². The van der Waals surface area contributed by atoms with Crippen molar-refractivity contribution >= 4 is 11.0 Å². The first-order chi connectivity index (χ1) is 9.15. The molecule has 1 fully saturated rings. The van der Waals surface area contributed by atoms with E-state index in [0.29, 0.717) is 12.6 Å². The van der Waals surface area contributed by atoms with E-state index in [1.807, 2.05) is 18.3 Å². The van der Waals surface area contributed by atoms with Crippen molar-refractivity contribution in [2.75, 3.05) is 6.61 Å². The molecule has 102 valence electrons. The van der Waals surface area contributed by atoms with E-state index in [1.165, 1.54) is 0 Å². The van der Waals surface area contributed by atoms with Gasteiger partial charge >= 0.3 is 0 Å². The van der Waals surface area contributed by atoms with E-state index in [4.69, 9.17) is 9.15 Å². The number of pyridine rings is 1. The molecule has 1 atom stereocenters. The van der Waals surface area contributed by atoms with Gasteiger partial charge < -0.3 is 14.5 Å². The molecule has 1 N–H and O–H groups in total. The highest BCUT2D eigenvalue weighted by atomic mass is 16.5. The maximum absolute atomic E-state index is 5.78. The number of ether oxygens (including phenoxy) is 1. The van der Waals surface area contributed by atoms with Crippen LogP contribution in [0, 0.1) is 0 Å². The van der Waals surface area contributed by atoms with E-state index in [9.17, 15) is 0 Å². The molecule has 1 aliphatic heterocycles. The molecule has 4 nitrogen and oxygen atoms in total. The molecular formula is C15H20N2O2. The lowest BCUT2D eigenvalue weighted by atomic mass is 9.95. The third kappa shape index (κ3) is 2.65. The molecule has 4 heteroatoms. The van der Waals surface area contributed by atoms with Crippen molar-refractivity contribution in [3.63, 3.8) is 0 Å². The zero-order chi connectivity index (χ0) is 13.3. The summed E-state index contributed by atoms with van der Waals surface area (Å²) >= 11 is 0. The third-order valence-electron chi connectivity index (χ3n) is 3.82. The summed E-state index contributed by atoms with van der Waals surface area (Å²) in [6.45, 7) is 5.97. The zero-order valence-corrected chi connectivity index (χ0v) is 11.5. The van der Waals surface area contributed by atoms with Gasteiger partial charge in [-0.25, -0.2) is 0 Å². The normalized spacial score (nSPS) is 20.2. The van der Waals surface area contributed by atoms with Crippen LogP contribution < -0.4 is 5.32 Å². The molecule has 1 unspecified atom stereocenters. The number of rotatable bonds is 4. The summed E-state index contributed by atoms with van der Waals surface area (Å²) in [5, 5.41) is 4.59. The van der Waals surface area contributed by atoms with E-state index >= 15 is 0 Å². The highest BCUT2D eigenvalue weighted by molar-refractivity contribution is 5.76. The highest BCUT2D eigenvalue weighted by Crippen LogP contribution is 2.24. The summed E-state index contributed by atoms with van der Waals surface area (Å²) in [5.41, 5.74) is 0.856. The van der Waals surface area contributed by atoms with Crippen LogP contribution >= 0.6 is 0 Å². The number of hydrogen-bond donors (Lipinski definition) is 1. The van der Waals surface area contributed by atoms with Gasteiger partial charge in [-0.1, -0.05) is 0 Å². The molecule has 0 amide bonds. The van der Waals surface area contributed by atoms with Gasteiger partial charge in [0.15, 0.2) is 0 Å². The predicted octanol–water partition coefficient (Wildman–Crippen LogP) is 2.88. The first kappa shape index (κ1) is 12.6. The Kier molecular flexibility index (Phi) is 3.29. The number of nitrogens with zero attached hydrogens (tertiary/aromatic N) is 1. The molecule has 0 radical (unpaired) electrons. The first-order valence-electron chi connectivity index (χ1n) is 6.84. The second-order valence-electron chi connectivity index (χ2n) is 5.70. The van der Waals surface area contributed by atoms with Gasteiger partial charge in [0.25, 0.3) is 0 Å². The quantitative estimate of drug-likeness (QED) is 0.918. The van der Waals surface area contributed by atoms with Crippen molar-refractivity contribution in [3.05, 3.63) is 30.3 Å². The maximum atomic E-state index is 5.78. The molecular weight excluding hydrogens is 240 g/mol. The predicted molar refractivity (Wildman–Crippen MR) is 73.9 cm³/mol. The van der Waals surface area contributed by atoms with E-state index in [-0.39, 0.29) is 5.54 Å². The Morgan fingerprint density at radius 2 is 2.37 bits per heavy atom. The van der Waals surface area contributed by atoms with E-state index in [2.05, 4.69) is 24.1 Å². The molecule has 0 aromatic carbocycles. The zero-order valence-electron chi connectivity index (χ0n) is 11.5. The summed E-state index contributed by atoms with van der Waals surface area (Å²) in [5.74, 6) is 0.939. The van der Waals surface area contributed by atoms with Crippen molar-refractivity contribution in [2.45, 2.75) is 44.9 Å². The molecule has 1 saturated heterocycles. The number of fused-ring (bicyclic) bond motifs is 1. The Bertz CT molecular complexity index is 523. The van der Waals surface area contributed by atoms with E-state index in [1.54, 1.807) is 6.20 Å². The molecule has 2 aromatic heterocycles. The van der Waals surface area contributed by atoms with Crippen molar-refractivity contribution in [3.8, 4) is 0 Å². The fourth-order valence-electron chi connectivity index (χ4n) is 2.60. The smallest absolute Gasteiger partial charge is 0.137 e. The van der Waals surface area contributed by atoms with Gasteiger partial charge in [-0.05, 0) is 38.8 Å². The lowest BCUT2D eigenvalue weighted by Crippen LogP contribution is -2.48. The fourth-order valence-corrected chi connectivity index (χ4v) is 2.60. The Morgan fingerprint density at radius 1 is 1.47 bits per heavy atom. The van der Waals surface area contributed by atoms with Gasteiger partial charge in [-0.2, -0.15) is 0 Å². The van der Waals surface area contributed by atoms with Crippen LogP contribution in [0.5, 0.6) is 0 Å². The molecule has 0 bridgehead atoms. The minimum Gasteiger partial charge on any atom is -0.460 e. The number of nitrogens with one attached hydrogen (secondary N) is 1. The summed E-state index contributed by atoms with van der Waals surface area (Å²) in [7, 11) is 0. The summed E-state index contributed by atoms with van der Waals surface area (Å²) in [6, 6.07) is 3.94. The fraction of sp³-hybridized carbons (Fsp3) is 0.533. The summed E-state index contributed by atoms with van der Waals surface area (Å²) in [6.07, 6.45) is 6.15. The molecule has 3 rings (SSSR count). The van der Waals surface area contributed by atoms with Crippen LogP contribution in [0.4, 0.5) is 0 Å². The SMILES string of the molecule is CC(C)(NCc1cc2cnccc2o1)C1CCCO1. The maximum Gasteiger partial charge on any atom is 0.137 e. The Morgan fingerprint density at radius 3 is 3.11 bits per heavy atom. The van der Waals surface area contributed by atoms with Crippen LogP contribution in [0.25, 0.3) is 11.0 Å². The second-order valence-corrected chi connectivity index (χ2v) is 5.70. The van der Waals surface area contributed by atoms with Crippen molar-refractivity contribution in [1.82, 2.24) is 10.3 Å². The van der Waals surface area contributed by atoms with E-state index < -0.39 is 0 Å². The number of aromatic nitrogens is 1. The van der Waals surface area contributed by atoms with Gasteiger partial charge in [0, 0.05) is 29.9 Å². The van der Waals surface area contributed by atoms with Crippen LogP contribution in [0.2, 0.25) is 0 Å². The molecule has 0 aliphatic carbocycles. The van der Waals surface area contributed by atoms with Gasteiger partial charge in [-0.15, -0.1) is 0 Å². The number of hydrogen-bond acceptors (Lipinski definition) is 4. The highest BCUT2D eigenvalue weighted by Gasteiger charge is 2.32. The van der Waals surface area contributed by atoms with Gasteiger partial charge in [0.2, 0.25) is 0 Å². The monoisotopic (exact) mass is 260 g/mol. The van der Waals surface area contributed by atoms with Gasteiger partial charge in [-0.3, -0.25) is 4.98 Å². The van der Waals surface area contributed by atoms with E-state index in [0.717, 1.165) is 36.2 Å². The second kappa shape index (κ2) is 4.94. The lowest BCUT2D eigenvalue weighted by molar-refractivity contribution is 0.0423. The minimum absolute atomic E-state index is 0.0340. The molecule has 2 aromatic rings. The standard InChI is InChI=1S/C15H20N2O2/c1-15(2,14-4-3-7-18-14)17-10-12-8-11-9-16-6-5-13(11)19-12/h5-6,8-9,14,17H,3-4,7,10H2,1-2H3. The molecule has 1 aliphatic rings. The molecule has 0 spiro atoms. The van der Waals surface area contributed by atoms with Gasteiger partial charge in [0.05, 0.1) is 12.6 Å². The van der Waals surface area contributed by atoms with Gasteiger partial charge in [0.1, 0.15) is 11.3 Å². The third-order valence-corrected chi connectivity index (χ3v) is 3.82. The summed E-state index contributed by atoms with van der Waals surface area (Å²) in [4.78, 5) is 4.10. The molecule has 3 heterocycles. The van der Waals surface area contributed by atoms with Crippen LogP contribution in [0.1, 0.15) is 32.4 Å². The molecule has 0 saturated carbocycles. The van der Waals surface area contributed by atoms with Crippen molar-refractivity contribution in [1.29, 1.82) is 0 Å². The van der Waals surface area contributed by atoms with Crippen LogP contribution in [-0.4, -0.2) is 23.2 Å². The van der Waals surface area contributed by atoms with Crippen LogP contribution in [0.15, 0.2) is 28.9 Å². The van der Waals surface area contributed by atoms with Crippen molar-refractivity contribution in [2.24, 2.45) is 0 Å². The van der Waals surface area contributed by atoms with Crippen LogP contribution in [-0.2, 0) is 11.3 Å². The largest absolute Gasteiger partial charge is 0.460 e. The van der Waals surface area contributed by atoms with Crippen LogP contribution in [0.3, 0.4) is 0 Å². The first-order valence-corrected chi connectivity index (χ1v) is 6.84. The number of furan rings is 1. The van der Waals surface area contributed by atoms with Crippen molar-refractivity contribution < 1.29 is 9.15 Å². The summed E-state index contributed by atoms with van der Waals surface area (Å²) < 4.78 is 11.5.